The number of carbonyl (C=O) groups excluding carboxylic acids is 2. The number of amides is 1. The van der Waals surface area contributed by atoms with Crippen molar-refractivity contribution in [3.8, 4) is 0 Å². The molecule has 0 bridgehead atoms. The largest absolute Gasteiger partial charge is 0.455 e. The quantitative estimate of drug-likeness (QED) is 0.869. The predicted octanol–water partition coefficient (Wildman–Crippen LogP) is 2.40. The van der Waals surface area contributed by atoms with Crippen molar-refractivity contribution < 1.29 is 27.5 Å². The smallest absolute Gasteiger partial charge is 0.376 e. The first kappa shape index (κ1) is 15.0. The number of hydrogen-bond acceptors (Lipinski definition) is 4. The van der Waals surface area contributed by atoms with E-state index in [1.54, 1.807) is 0 Å². The molecular formula is C12H12F3NO3S. The third-order valence-electron chi connectivity index (χ3n) is 2.83. The normalized spacial score (nSPS) is 19.1. The minimum absolute atomic E-state index is 0.0461. The van der Waals surface area contributed by atoms with Crippen LogP contribution in [-0.2, 0) is 4.74 Å². The van der Waals surface area contributed by atoms with E-state index in [0.29, 0.717) is 24.5 Å². The van der Waals surface area contributed by atoms with Crippen molar-refractivity contribution in [2.45, 2.75) is 25.1 Å². The third kappa shape index (κ3) is 3.57. The number of alkyl halides is 3. The number of ether oxygens (including phenoxy) is 1. The highest BCUT2D eigenvalue weighted by atomic mass is 32.1. The van der Waals surface area contributed by atoms with Gasteiger partial charge in [0.05, 0.1) is 15.9 Å². The lowest BCUT2D eigenvalue weighted by molar-refractivity contribution is -0.0882. The highest BCUT2D eigenvalue weighted by Gasteiger charge is 2.40. The zero-order chi connectivity index (χ0) is 14.8. The van der Waals surface area contributed by atoms with E-state index in [2.05, 4.69) is 5.32 Å². The summed E-state index contributed by atoms with van der Waals surface area (Å²) in [6.45, 7) is 0.975. The summed E-state index contributed by atoms with van der Waals surface area (Å²) in [4.78, 5) is 22.3. The molecule has 0 saturated carbocycles. The number of ketones is 1. The van der Waals surface area contributed by atoms with Crippen LogP contribution in [0.3, 0.4) is 0 Å². The van der Waals surface area contributed by atoms with Crippen molar-refractivity contribution in [2.75, 3.05) is 13.2 Å². The van der Waals surface area contributed by atoms with Gasteiger partial charge in [0.15, 0.2) is 0 Å². The number of rotatable bonds is 4. The zero-order valence-corrected chi connectivity index (χ0v) is 11.1. The maximum Gasteiger partial charge on any atom is 0.455 e. The van der Waals surface area contributed by atoms with Crippen molar-refractivity contribution in [1.82, 2.24) is 5.32 Å². The molecule has 1 N–H and O–H groups in total. The number of thiophene rings is 1. The van der Waals surface area contributed by atoms with Gasteiger partial charge in [0.25, 0.3) is 11.7 Å². The molecule has 1 atom stereocenters. The molecule has 2 heterocycles. The Morgan fingerprint density at radius 3 is 2.65 bits per heavy atom. The highest BCUT2D eigenvalue weighted by molar-refractivity contribution is 7.16. The van der Waals surface area contributed by atoms with Gasteiger partial charge in [-0.2, -0.15) is 13.2 Å². The van der Waals surface area contributed by atoms with E-state index < -0.39 is 22.7 Å². The van der Waals surface area contributed by atoms with Gasteiger partial charge in [-0.25, -0.2) is 0 Å². The SMILES string of the molecule is O=C(NCC1CCCO1)c1ccc(C(=O)C(F)(F)F)s1. The van der Waals surface area contributed by atoms with Gasteiger partial charge in [-0.1, -0.05) is 0 Å². The number of halogens is 3. The fraction of sp³-hybridized carbons (Fsp3) is 0.500. The Kier molecular flexibility index (Phi) is 4.44. The van der Waals surface area contributed by atoms with Gasteiger partial charge < -0.3 is 10.1 Å². The highest BCUT2D eigenvalue weighted by Crippen LogP contribution is 2.26. The number of Topliss-reactive ketones (excluding diaryl/α,β-unsaturated/α-hetero) is 1. The van der Waals surface area contributed by atoms with Crippen molar-refractivity contribution in [1.29, 1.82) is 0 Å². The fourth-order valence-corrected chi connectivity index (χ4v) is 2.70. The van der Waals surface area contributed by atoms with Crippen LogP contribution in [0.15, 0.2) is 12.1 Å². The van der Waals surface area contributed by atoms with Gasteiger partial charge in [0.2, 0.25) is 0 Å². The average molecular weight is 307 g/mol. The van der Waals surface area contributed by atoms with Crippen LogP contribution in [0.1, 0.15) is 32.2 Å². The summed E-state index contributed by atoms with van der Waals surface area (Å²) in [5.41, 5.74) is 0. The molecule has 4 nitrogen and oxygen atoms in total. The minimum atomic E-state index is -4.92. The Hall–Kier alpha value is -1.41. The van der Waals surface area contributed by atoms with Crippen LogP contribution in [0.2, 0.25) is 0 Å². The van der Waals surface area contributed by atoms with Crippen molar-refractivity contribution in [2.24, 2.45) is 0 Å². The van der Waals surface area contributed by atoms with Gasteiger partial charge >= 0.3 is 6.18 Å². The van der Waals surface area contributed by atoms with E-state index in [4.69, 9.17) is 4.74 Å². The fourth-order valence-electron chi connectivity index (χ4n) is 1.82. The van der Waals surface area contributed by atoms with Gasteiger partial charge in [0, 0.05) is 13.2 Å². The van der Waals surface area contributed by atoms with Crippen molar-refractivity contribution in [3.63, 3.8) is 0 Å². The Balaban J connectivity index is 1.94. The van der Waals surface area contributed by atoms with E-state index >= 15 is 0 Å². The first-order chi connectivity index (χ1) is 9.38. The van der Waals surface area contributed by atoms with Crippen LogP contribution in [0.25, 0.3) is 0 Å². The lowest BCUT2D eigenvalue weighted by atomic mass is 10.2. The average Bonchev–Trinajstić information content (AvgIpc) is 3.05. The predicted molar refractivity (Wildman–Crippen MR) is 66.0 cm³/mol. The molecule has 1 saturated heterocycles. The number of carbonyl (C=O) groups is 2. The topological polar surface area (TPSA) is 55.4 Å². The summed E-state index contributed by atoms with van der Waals surface area (Å²) in [7, 11) is 0. The van der Waals surface area contributed by atoms with Crippen LogP contribution < -0.4 is 5.32 Å². The van der Waals surface area contributed by atoms with Crippen LogP contribution in [0.5, 0.6) is 0 Å². The molecule has 110 valence electrons. The van der Waals surface area contributed by atoms with Crippen LogP contribution >= 0.6 is 11.3 Å². The first-order valence-corrected chi connectivity index (χ1v) is 6.81. The maximum absolute atomic E-state index is 12.2. The summed E-state index contributed by atoms with van der Waals surface area (Å²) >= 11 is 0.536. The molecule has 2 rings (SSSR count). The second-order valence-electron chi connectivity index (χ2n) is 4.34. The van der Waals surface area contributed by atoms with E-state index in [9.17, 15) is 22.8 Å². The molecule has 1 unspecified atom stereocenters. The molecule has 0 spiro atoms. The van der Waals surface area contributed by atoms with Gasteiger partial charge in [-0.05, 0) is 25.0 Å². The standard InChI is InChI=1S/C12H12F3NO3S/c13-12(14,15)10(17)8-3-4-9(20-8)11(18)16-6-7-2-1-5-19-7/h3-4,7H,1-2,5-6H2,(H,16,18). The van der Waals surface area contributed by atoms with Crippen molar-refractivity contribution in [3.05, 3.63) is 21.9 Å². The third-order valence-corrected chi connectivity index (χ3v) is 3.91. The molecule has 1 fully saturated rings. The molecular weight excluding hydrogens is 295 g/mol. The molecule has 0 aliphatic carbocycles. The molecule has 8 heteroatoms. The number of nitrogens with one attached hydrogen (secondary N) is 1. The summed E-state index contributed by atoms with van der Waals surface area (Å²) in [5, 5.41) is 2.59. The van der Waals surface area contributed by atoms with Gasteiger partial charge in [-0.15, -0.1) is 11.3 Å². The van der Waals surface area contributed by atoms with Crippen LogP contribution in [0, 0.1) is 0 Å². The van der Waals surface area contributed by atoms with Gasteiger partial charge in [0.1, 0.15) is 0 Å². The summed E-state index contributed by atoms with van der Waals surface area (Å²) in [6.07, 6.45) is -3.18. The molecule has 0 radical (unpaired) electrons. The summed E-state index contributed by atoms with van der Waals surface area (Å²) < 4.78 is 42.0. The Labute approximate surface area is 116 Å². The second kappa shape index (κ2) is 5.92. The molecule has 1 aliphatic heterocycles. The molecule has 1 amide bonds. The van der Waals surface area contributed by atoms with E-state index in [0.717, 1.165) is 18.9 Å². The van der Waals surface area contributed by atoms with E-state index in [1.807, 2.05) is 0 Å². The number of hydrogen-bond donors (Lipinski definition) is 1. The first-order valence-electron chi connectivity index (χ1n) is 5.99. The lowest BCUT2D eigenvalue weighted by Crippen LogP contribution is -2.31. The minimum Gasteiger partial charge on any atom is -0.376 e. The summed E-state index contributed by atoms with van der Waals surface area (Å²) in [6, 6.07) is 2.23. The zero-order valence-electron chi connectivity index (χ0n) is 10.3. The second-order valence-corrected chi connectivity index (χ2v) is 5.42. The molecule has 0 aromatic carbocycles. The molecule has 20 heavy (non-hydrogen) atoms. The Bertz CT molecular complexity index is 506. The maximum atomic E-state index is 12.2. The van der Waals surface area contributed by atoms with Crippen molar-refractivity contribution >= 4 is 23.0 Å². The molecule has 1 aromatic rings. The lowest BCUT2D eigenvalue weighted by Gasteiger charge is -2.09. The van der Waals surface area contributed by atoms with Crippen LogP contribution in [-0.4, -0.2) is 37.1 Å². The monoisotopic (exact) mass is 307 g/mol. The van der Waals surface area contributed by atoms with E-state index in [1.165, 1.54) is 6.07 Å². The molecule has 1 aliphatic rings. The summed E-state index contributed by atoms with van der Waals surface area (Å²) in [5.74, 6) is -2.42. The van der Waals surface area contributed by atoms with Gasteiger partial charge in [-0.3, -0.25) is 9.59 Å². The molecule has 1 aromatic heterocycles. The Morgan fingerprint density at radius 1 is 1.35 bits per heavy atom. The van der Waals surface area contributed by atoms with Crippen LogP contribution in [0.4, 0.5) is 13.2 Å². The Morgan fingerprint density at radius 2 is 2.05 bits per heavy atom. The van der Waals surface area contributed by atoms with E-state index in [-0.39, 0.29) is 11.0 Å².